The highest BCUT2D eigenvalue weighted by atomic mass is 35.5. The number of pyridine rings is 2. The number of nitrogens with one attached hydrogen (secondary N) is 1. The molecule has 0 saturated carbocycles. The maximum Gasteiger partial charge on any atom is 0.259 e. The van der Waals surface area contributed by atoms with E-state index in [1.165, 1.54) is 23.7 Å². The van der Waals surface area contributed by atoms with E-state index in [9.17, 15) is 4.79 Å². The first-order chi connectivity index (χ1) is 10.2. The molecule has 3 rings (SSSR count). The molecule has 0 saturated heterocycles. The fraction of sp³-hybridized carbons (Fsp3) is 0. The van der Waals surface area contributed by atoms with Crippen LogP contribution in [0.2, 0.25) is 5.02 Å². The van der Waals surface area contributed by atoms with Crippen molar-refractivity contribution in [3.05, 3.63) is 58.8 Å². The molecule has 1 N–H and O–H groups in total. The molecular weight excluding hydrogens is 308 g/mol. The van der Waals surface area contributed by atoms with Crippen LogP contribution in [0.25, 0.3) is 10.7 Å². The molecule has 3 heterocycles. The summed E-state index contributed by atoms with van der Waals surface area (Å²) in [7, 11) is 0. The van der Waals surface area contributed by atoms with Gasteiger partial charge in [-0.1, -0.05) is 17.7 Å². The van der Waals surface area contributed by atoms with Crippen LogP contribution in [0, 0.1) is 0 Å². The third-order valence-corrected chi connectivity index (χ3v) is 3.78. The maximum absolute atomic E-state index is 12.1. The largest absolute Gasteiger partial charge is 0.306 e. The monoisotopic (exact) mass is 316 g/mol. The van der Waals surface area contributed by atoms with E-state index in [1.54, 1.807) is 18.3 Å². The van der Waals surface area contributed by atoms with Crippen molar-refractivity contribution in [2.75, 3.05) is 5.32 Å². The summed E-state index contributed by atoms with van der Waals surface area (Å²) in [5.41, 5.74) is 1.01. The van der Waals surface area contributed by atoms with Gasteiger partial charge in [0.15, 0.2) is 0 Å². The highest BCUT2D eigenvalue weighted by molar-refractivity contribution is 7.13. The number of anilines is 1. The smallest absolute Gasteiger partial charge is 0.259 e. The molecule has 0 spiro atoms. The second kappa shape index (κ2) is 5.99. The molecule has 0 fully saturated rings. The first-order valence-electron chi connectivity index (χ1n) is 6.02. The Bertz CT molecular complexity index is 776. The molecule has 0 radical (unpaired) electrons. The standard InChI is InChI=1S/C14H9ClN4OS/c15-10-4-5-16-8-9(10)13(20)19-12-3-1-2-11(18-12)14-17-6-7-21-14/h1-8H,(H,18,19,20). The Labute approximate surface area is 129 Å². The van der Waals surface area contributed by atoms with E-state index in [4.69, 9.17) is 11.6 Å². The van der Waals surface area contributed by atoms with Crippen LogP contribution in [0.5, 0.6) is 0 Å². The second-order valence-electron chi connectivity index (χ2n) is 4.05. The van der Waals surface area contributed by atoms with Gasteiger partial charge >= 0.3 is 0 Å². The highest BCUT2D eigenvalue weighted by Crippen LogP contribution is 2.21. The maximum atomic E-state index is 12.1. The molecule has 7 heteroatoms. The Balaban J connectivity index is 1.84. The Morgan fingerprint density at radius 1 is 1.24 bits per heavy atom. The van der Waals surface area contributed by atoms with Crippen molar-refractivity contribution in [2.45, 2.75) is 0 Å². The van der Waals surface area contributed by atoms with Gasteiger partial charge in [0, 0.05) is 24.0 Å². The van der Waals surface area contributed by atoms with Gasteiger partial charge in [0.2, 0.25) is 0 Å². The first-order valence-corrected chi connectivity index (χ1v) is 7.27. The second-order valence-corrected chi connectivity index (χ2v) is 5.36. The number of aromatic nitrogens is 3. The zero-order valence-corrected chi connectivity index (χ0v) is 12.2. The quantitative estimate of drug-likeness (QED) is 0.803. The lowest BCUT2D eigenvalue weighted by molar-refractivity contribution is 0.102. The van der Waals surface area contributed by atoms with Crippen molar-refractivity contribution in [1.29, 1.82) is 0 Å². The van der Waals surface area contributed by atoms with Gasteiger partial charge in [-0.2, -0.15) is 0 Å². The summed E-state index contributed by atoms with van der Waals surface area (Å²) in [6, 6.07) is 6.92. The van der Waals surface area contributed by atoms with Gasteiger partial charge in [-0.3, -0.25) is 9.78 Å². The summed E-state index contributed by atoms with van der Waals surface area (Å²) >= 11 is 7.45. The molecule has 0 bridgehead atoms. The summed E-state index contributed by atoms with van der Waals surface area (Å²) in [5.74, 6) is 0.0875. The molecule has 0 aliphatic heterocycles. The minimum atomic E-state index is -0.350. The zero-order chi connectivity index (χ0) is 14.7. The number of nitrogens with zero attached hydrogens (tertiary/aromatic N) is 3. The number of carbonyl (C=O) groups is 1. The van der Waals surface area contributed by atoms with E-state index in [0.29, 0.717) is 22.1 Å². The topological polar surface area (TPSA) is 67.8 Å². The lowest BCUT2D eigenvalue weighted by Crippen LogP contribution is -2.13. The van der Waals surface area contributed by atoms with Gasteiger partial charge in [-0.05, 0) is 18.2 Å². The SMILES string of the molecule is O=C(Nc1cccc(-c2nccs2)n1)c1cnccc1Cl. The Morgan fingerprint density at radius 3 is 2.90 bits per heavy atom. The van der Waals surface area contributed by atoms with Crippen LogP contribution >= 0.6 is 22.9 Å². The van der Waals surface area contributed by atoms with Crippen LogP contribution in [0.1, 0.15) is 10.4 Å². The highest BCUT2D eigenvalue weighted by Gasteiger charge is 2.12. The molecule has 21 heavy (non-hydrogen) atoms. The molecule has 0 aliphatic rings. The minimum Gasteiger partial charge on any atom is -0.306 e. The molecule has 5 nitrogen and oxygen atoms in total. The van der Waals surface area contributed by atoms with Crippen molar-refractivity contribution in [1.82, 2.24) is 15.0 Å². The van der Waals surface area contributed by atoms with E-state index in [0.717, 1.165) is 5.01 Å². The lowest BCUT2D eigenvalue weighted by Gasteiger charge is -2.06. The summed E-state index contributed by atoms with van der Waals surface area (Å²) in [6.45, 7) is 0. The third-order valence-electron chi connectivity index (χ3n) is 2.65. The van der Waals surface area contributed by atoms with Crippen LogP contribution in [0.3, 0.4) is 0 Å². The Morgan fingerprint density at radius 2 is 2.14 bits per heavy atom. The number of amides is 1. The van der Waals surface area contributed by atoms with E-state index in [2.05, 4.69) is 20.3 Å². The van der Waals surface area contributed by atoms with E-state index >= 15 is 0 Å². The molecule has 0 unspecified atom stereocenters. The lowest BCUT2D eigenvalue weighted by atomic mass is 10.2. The number of thiazole rings is 1. The molecule has 1 amide bonds. The zero-order valence-electron chi connectivity index (χ0n) is 10.7. The van der Waals surface area contributed by atoms with Gasteiger partial charge < -0.3 is 5.32 Å². The molecule has 3 aromatic rings. The van der Waals surface area contributed by atoms with Gasteiger partial charge in [0.25, 0.3) is 5.91 Å². The van der Waals surface area contributed by atoms with Crippen LogP contribution in [-0.4, -0.2) is 20.9 Å². The Kier molecular flexibility index (Phi) is 3.89. The molecule has 3 aromatic heterocycles. The summed E-state index contributed by atoms with van der Waals surface area (Å²) < 4.78 is 0. The number of carbonyl (C=O) groups excluding carboxylic acids is 1. The number of rotatable bonds is 3. The number of hydrogen-bond acceptors (Lipinski definition) is 5. The predicted molar refractivity (Wildman–Crippen MR) is 82.5 cm³/mol. The van der Waals surface area contributed by atoms with Gasteiger partial charge in [-0.15, -0.1) is 11.3 Å². The average molecular weight is 317 g/mol. The number of hydrogen-bond donors (Lipinski definition) is 1. The molecule has 0 aliphatic carbocycles. The average Bonchev–Trinajstić information content (AvgIpc) is 3.02. The van der Waals surface area contributed by atoms with Crippen LogP contribution in [0.15, 0.2) is 48.2 Å². The summed E-state index contributed by atoms with van der Waals surface area (Å²) in [6.07, 6.45) is 4.66. The van der Waals surface area contributed by atoms with E-state index in [-0.39, 0.29) is 5.91 Å². The minimum absolute atomic E-state index is 0.306. The molecule has 0 atom stereocenters. The van der Waals surface area contributed by atoms with Crippen molar-refractivity contribution in [2.24, 2.45) is 0 Å². The fourth-order valence-electron chi connectivity index (χ4n) is 1.70. The van der Waals surface area contributed by atoms with E-state index in [1.807, 2.05) is 17.5 Å². The number of halogens is 1. The van der Waals surface area contributed by atoms with Crippen molar-refractivity contribution < 1.29 is 4.79 Å². The van der Waals surface area contributed by atoms with Crippen molar-refractivity contribution in [3.8, 4) is 10.7 Å². The van der Waals surface area contributed by atoms with E-state index < -0.39 is 0 Å². The fourth-order valence-corrected chi connectivity index (χ4v) is 2.50. The molecule has 104 valence electrons. The Hall–Kier alpha value is -2.31. The summed E-state index contributed by atoms with van der Waals surface area (Å²) in [4.78, 5) is 24.6. The van der Waals surface area contributed by atoms with Gasteiger partial charge in [0.05, 0.1) is 10.6 Å². The molecule has 0 aromatic carbocycles. The van der Waals surface area contributed by atoms with Crippen molar-refractivity contribution >= 4 is 34.7 Å². The van der Waals surface area contributed by atoms with Gasteiger partial charge in [-0.25, -0.2) is 9.97 Å². The summed E-state index contributed by atoms with van der Waals surface area (Å²) in [5, 5.41) is 5.72. The van der Waals surface area contributed by atoms with Crippen LogP contribution in [0.4, 0.5) is 5.82 Å². The normalized spacial score (nSPS) is 10.3. The first kappa shape index (κ1) is 13.7. The van der Waals surface area contributed by atoms with Crippen LogP contribution < -0.4 is 5.32 Å². The molecular formula is C14H9ClN4OS. The van der Waals surface area contributed by atoms with Gasteiger partial charge in [0.1, 0.15) is 16.5 Å². The predicted octanol–water partition coefficient (Wildman–Crippen LogP) is 3.51. The third kappa shape index (κ3) is 3.07. The van der Waals surface area contributed by atoms with Crippen LogP contribution in [-0.2, 0) is 0 Å². The van der Waals surface area contributed by atoms with Crippen molar-refractivity contribution in [3.63, 3.8) is 0 Å².